The highest BCUT2D eigenvalue weighted by Crippen LogP contribution is 2.28. The lowest BCUT2D eigenvalue weighted by Crippen LogP contribution is -1.86. The first-order valence-electron chi connectivity index (χ1n) is 4.80. The van der Waals surface area contributed by atoms with E-state index in [-0.39, 0.29) is 5.75 Å². The third-order valence-corrected chi connectivity index (χ3v) is 2.34. The summed E-state index contributed by atoms with van der Waals surface area (Å²) in [5, 5.41) is 20.0. The van der Waals surface area contributed by atoms with Crippen molar-refractivity contribution in [2.45, 2.75) is 0 Å². The van der Waals surface area contributed by atoms with E-state index in [0.717, 1.165) is 16.8 Å². The second kappa shape index (κ2) is 4.06. The van der Waals surface area contributed by atoms with Crippen molar-refractivity contribution in [3.63, 3.8) is 0 Å². The summed E-state index contributed by atoms with van der Waals surface area (Å²) in [5.74, 6) is -0.955. The number of phenols is 1. The number of phenolic OH excluding ortho intramolecular Hbond substituents is 1. The Bertz CT molecular complexity index is 570. The van der Waals surface area contributed by atoms with Crippen LogP contribution >= 0.6 is 0 Å². The molecule has 0 amide bonds. The van der Waals surface area contributed by atoms with Crippen LogP contribution in [0.4, 0.5) is 0 Å². The molecule has 2 aromatic rings. The number of fused-ring (bicyclic) bond motifs is 1. The van der Waals surface area contributed by atoms with Crippen molar-refractivity contribution < 1.29 is 15.0 Å². The number of hydrogen-bond donors (Lipinski definition) is 2. The fourth-order valence-electron chi connectivity index (χ4n) is 1.61. The van der Waals surface area contributed by atoms with E-state index in [0.29, 0.717) is 5.56 Å². The Morgan fingerprint density at radius 1 is 1.12 bits per heavy atom. The number of carbonyl (C=O) groups is 1. The van der Waals surface area contributed by atoms with Gasteiger partial charge in [0.05, 0.1) is 0 Å². The zero-order valence-electron chi connectivity index (χ0n) is 8.42. The fourth-order valence-corrected chi connectivity index (χ4v) is 1.61. The average molecular weight is 214 g/mol. The van der Waals surface area contributed by atoms with Gasteiger partial charge in [0, 0.05) is 11.6 Å². The molecule has 0 unspecified atom stereocenters. The molecule has 80 valence electrons. The Morgan fingerprint density at radius 2 is 1.88 bits per heavy atom. The molecule has 0 aromatic heterocycles. The summed E-state index contributed by atoms with van der Waals surface area (Å²) >= 11 is 0. The maximum Gasteiger partial charge on any atom is 0.328 e. The van der Waals surface area contributed by atoms with Crippen LogP contribution in [0.25, 0.3) is 16.8 Å². The second-order valence-electron chi connectivity index (χ2n) is 3.39. The molecule has 0 fully saturated rings. The van der Waals surface area contributed by atoms with Gasteiger partial charge >= 0.3 is 5.97 Å². The largest absolute Gasteiger partial charge is 0.507 e. The van der Waals surface area contributed by atoms with Crippen LogP contribution in [0, 0.1) is 0 Å². The van der Waals surface area contributed by atoms with E-state index in [2.05, 4.69) is 0 Å². The van der Waals surface area contributed by atoms with Crippen LogP contribution in [-0.2, 0) is 4.79 Å². The standard InChI is InChI=1S/C13H10O3/c14-12-7-5-9-3-1-2-4-10(9)11(12)6-8-13(15)16/h1-8,14H,(H,15,16)/b8-6-. The molecule has 0 saturated carbocycles. The van der Waals surface area contributed by atoms with Gasteiger partial charge in [0.15, 0.2) is 0 Å². The minimum absolute atomic E-state index is 0.0798. The van der Waals surface area contributed by atoms with Crippen LogP contribution in [0.15, 0.2) is 42.5 Å². The zero-order valence-corrected chi connectivity index (χ0v) is 8.42. The van der Waals surface area contributed by atoms with Gasteiger partial charge in [0.2, 0.25) is 0 Å². The van der Waals surface area contributed by atoms with Gasteiger partial charge in [-0.25, -0.2) is 4.79 Å². The van der Waals surface area contributed by atoms with Crippen molar-refractivity contribution in [2.24, 2.45) is 0 Å². The molecule has 0 bridgehead atoms. The van der Waals surface area contributed by atoms with Gasteiger partial charge in [-0.05, 0) is 22.9 Å². The minimum Gasteiger partial charge on any atom is -0.507 e. The fraction of sp³-hybridized carbons (Fsp3) is 0. The smallest absolute Gasteiger partial charge is 0.328 e. The van der Waals surface area contributed by atoms with Crippen molar-refractivity contribution >= 4 is 22.8 Å². The van der Waals surface area contributed by atoms with Crippen molar-refractivity contribution in [3.05, 3.63) is 48.0 Å². The Hall–Kier alpha value is -2.29. The van der Waals surface area contributed by atoms with Crippen LogP contribution in [-0.4, -0.2) is 16.2 Å². The van der Waals surface area contributed by atoms with Crippen molar-refractivity contribution in [3.8, 4) is 5.75 Å². The Kier molecular flexibility index (Phi) is 2.60. The number of hydrogen-bond acceptors (Lipinski definition) is 2. The number of carboxylic acid groups (broad SMARTS) is 1. The number of aromatic hydroxyl groups is 1. The lowest BCUT2D eigenvalue weighted by molar-refractivity contribution is -0.131. The molecule has 0 radical (unpaired) electrons. The highest BCUT2D eigenvalue weighted by atomic mass is 16.4. The summed E-state index contributed by atoms with van der Waals surface area (Å²) in [5.41, 5.74) is 0.528. The molecule has 2 aromatic carbocycles. The molecule has 0 heterocycles. The summed E-state index contributed by atoms with van der Waals surface area (Å²) in [6, 6.07) is 10.8. The summed E-state index contributed by atoms with van der Waals surface area (Å²) in [6.45, 7) is 0. The van der Waals surface area contributed by atoms with Gasteiger partial charge < -0.3 is 10.2 Å². The molecule has 0 aliphatic carbocycles. The number of benzene rings is 2. The van der Waals surface area contributed by atoms with E-state index in [9.17, 15) is 9.90 Å². The summed E-state index contributed by atoms with van der Waals surface area (Å²) < 4.78 is 0. The van der Waals surface area contributed by atoms with E-state index >= 15 is 0 Å². The predicted molar refractivity (Wildman–Crippen MR) is 62.3 cm³/mol. The first-order valence-corrected chi connectivity index (χ1v) is 4.80. The predicted octanol–water partition coefficient (Wildman–Crippen LogP) is 2.64. The van der Waals surface area contributed by atoms with Crippen LogP contribution in [0.5, 0.6) is 5.75 Å². The molecule has 0 saturated heterocycles. The molecular weight excluding hydrogens is 204 g/mol. The normalized spacial score (nSPS) is 11.0. The molecule has 2 rings (SSSR count). The number of aliphatic carboxylic acids is 1. The molecule has 3 nitrogen and oxygen atoms in total. The molecule has 3 heteroatoms. The van der Waals surface area contributed by atoms with Gasteiger partial charge in [0.25, 0.3) is 0 Å². The number of rotatable bonds is 2. The Morgan fingerprint density at radius 3 is 2.62 bits per heavy atom. The summed E-state index contributed by atoms with van der Waals surface area (Å²) in [7, 11) is 0. The van der Waals surface area contributed by atoms with Crippen LogP contribution in [0.3, 0.4) is 0 Å². The van der Waals surface area contributed by atoms with Crippen LogP contribution < -0.4 is 0 Å². The van der Waals surface area contributed by atoms with E-state index in [1.807, 2.05) is 24.3 Å². The average Bonchev–Trinajstić information content (AvgIpc) is 2.27. The first-order chi connectivity index (χ1) is 7.68. The van der Waals surface area contributed by atoms with E-state index in [4.69, 9.17) is 5.11 Å². The van der Waals surface area contributed by atoms with Crippen LogP contribution in [0.2, 0.25) is 0 Å². The molecule has 16 heavy (non-hydrogen) atoms. The van der Waals surface area contributed by atoms with E-state index in [1.165, 1.54) is 6.08 Å². The van der Waals surface area contributed by atoms with Gasteiger partial charge in [0.1, 0.15) is 5.75 Å². The van der Waals surface area contributed by atoms with Crippen molar-refractivity contribution in [1.82, 2.24) is 0 Å². The molecule has 2 N–H and O–H groups in total. The number of carboxylic acids is 1. The maximum absolute atomic E-state index is 10.5. The van der Waals surface area contributed by atoms with Gasteiger partial charge in [-0.1, -0.05) is 30.3 Å². The monoisotopic (exact) mass is 214 g/mol. The SMILES string of the molecule is O=C(O)/C=C\c1c(O)ccc2ccccc12. The Balaban J connectivity index is 2.66. The highest BCUT2D eigenvalue weighted by Gasteiger charge is 2.03. The lowest BCUT2D eigenvalue weighted by Gasteiger charge is -2.04. The summed E-state index contributed by atoms with van der Waals surface area (Å²) in [6.07, 6.45) is 2.42. The van der Waals surface area contributed by atoms with Crippen molar-refractivity contribution in [1.29, 1.82) is 0 Å². The highest BCUT2D eigenvalue weighted by molar-refractivity contribution is 5.96. The summed E-state index contributed by atoms with van der Waals surface area (Å²) in [4.78, 5) is 10.5. The zero-order chi connectivity index (χ0) is 11.5. The lowest BCUT2D eigenvalue weighted by atomic mass is 10.0. The van der Waals surface area contributed by atoms with Crippen LogP contribution in [0.1, 0.15) is 5.56 Å². The topological polar surface area (TPSA) is 57.5 Å². The van der Waals surface area contributed by atoms with E-state index in [1.54, 1.807) is 12.1 Å². The molecule has 0 aliphatic heterocycles. The first kappa shape index (κ1) is 10.2. The van der Waals surface area contributed by atoms with Gasteiger partial charge in [-0.15, -0.1) is 0 Å². The molecule has 0 atom stereocenters. The van der Waals surface area contributed by atoms with Gasteiger partial charge in [-0.3, -0.25) is 0 Å². The minimum atomic E-state index is -1.03. The van der Waals surface area contributed by atoms with Gasteiger partial charge in [-0.2, -0.15) is 0 Å². The van der Waals surface area contributed by atoms with E-state index < -0.39 is 5.97 Å². The molecule has 0 spiro atoms. The Labute approximate surface area is 92.3 Å². The third kappa shape index (κ3) is 1.88. The molecular formula is C13H10O3. The maximum atomic E-state index is 10.5. The quantitative estimate of drug-likeness (QED) is 0.755. The molecule has 0 aliphatic rings. The third-order valence-electron chi connectivity index (χ3n) is 2.34. The van der Waals surface area contributed by atoms with Crippen molar-refractivity contribution in [2.75, 3.05) is 0 Å². The second-order valence-corrected chi connectivity index (χ2v) is 3.39.